The van der Waals surface area contributed by atoms with Gasteiger partial charge in [-0.05, 0) is 52.2 Å². The zero-order chi connectivity index (χ0) is 19.1. The largest absolute Gasteiger partial charge is 0.444 e. The Balaban J connectivity index is 1.63. The van der Waals surface area contributed by atoms with E-state index in [1.54, 1.807) is 23.2 Å². The molecule has 3 heterocycles. The van der Waals surface area contributed by atoms with Crippen LogP contribution in [0.5, 0.6) is 0 Å². The molecule has 0 spiro atoms. The van der Waals surface area contributed by atoms with Crippen molar-refractivity contribution in [1.29, 1.82) is 0 Å². The van der Waals surface area contributed by atoms with Gasteiger partial charge in [0.2, 0.25) is 0 Å². The van der Waals surface area contributed by atoms with Crippen LogP contribution in [0.4, 0.5) is 10.5 Å². The monoisotopic (exact) mass is 375 g/mol. The Bertz CT molecular complexity index is 795. The average Bonchev–Trinajstić information content (AvgIpc) is 2.73. The first-order valence-electron chi connectivity index (χ1n) is 8.76. The Morgan fingerprint density at radius 3 is 2.69 bits per heavy atom. The molecule has 6 nitrogen and oxygen atoms in total. The Morgan fingerprint density at radius 2 is 2.08 bits per heavy atom. The number of carbonyl (C=O) groups is 2. The summed E-state index contributed by atoms with van der Waals surface area (Å²) in [4.78, 5) is 32.1. The van der Waals surface area contributed by atoms with Gasteiger partial charge in [-0.25, -0.2) is 9.79 Å². The first kappa shape index (κ1) is 18.6. The van der Waals surface area contributed by atoms with Crippen molar-refractivity contribution < 1.29 is 14.3 Å². The molecule has 1 aromatic heterocycles. The molecule has 2 aliphatic heterocycles. The van der Waals surface area contributed by atoms with Gasteiger partial charge >= 0.3 is 6.09 Å². The van der Waals surface area contributed by atoms with Crippen LogP contribution < -0.4 is 5.73 Å². The lowest BCUT2D eigenvalue weighted by Crippen LogP contribution is -2.52. The van der Waals surface area contributed by atoms with Gasteiger partial charge in [-0.2, -0.15) is 0 Å². The number of carbonyl (C=O) groups excluding carboxylic acids is 2. The minimum Gasteiger partial charge on any atom is -0.444 e. The third-order valence-corrected chi connectivity index (χ3v) is 5.38. The van der Waals surface area contributed by atoms with Gasteiger partial charge in [0.15, 0.2) is 5.78 Å². The van der Waals surface area contributed by atoms with Gasteiger partial charge in [-0.15, -0.1) is 11.3 Å². The Labute approximate surface area is 157 Å². The molecule has 1 amide bonds. The summed E-state index contributed by atoms with van der Waals surface area (Å²) in [6, 6.07) is 2.04. The molecule has 0 unspecified atom stereocenters. The number of fused-ring (bicyclic) bond motifs is 1. The topological polar surface area (TPSA) is 85.0 Å². The summed E-state index contributed by atoms with van der Waals surface area (Å²) in [5.74, 6) is 0.912. The van der Waals surface area contributed by atoms with Gasteiger partial charge < -0.3 is 15.4 Å². The number of amidine groups is 1. The third kappa shape index (κ3) is 4.33. The van der Waals surface area contributed by atoms with E-state index in [1.807, 2.05) is 32.9 Å². The average molecular weight is 375 g/mol. The molecule has 140 valence electrons. The fourth-order valence-electron chi connectivity index (χ4n) is 3.02. The molecule has 0 bridgehead atoms. The second kappa shape index (κ2) is 6.87. The number of likely N-dealkylation sites (tertiary alicyclic amines) is 1. The SMILES string of the molecule is CC(=O)C1=Cc2sc(CC3CN(C(=O)OC(C)(C)C)C3)cc2N=C(N)C1. The number of nitrogens with two attached hydrogens (primary N) is 1. The molecule has 0 aliphatic carbocycles. The molecule has 0 radical (unpaired) electrons. The van der Waals surface area contributed by atoms with Crippen molar-refractivity contribution >= 4 is 40.8 Å². The van der Waals surface area contributed by atoms with E-state index in [2.05, 4.69) is 4.99 Å². The summed E-state index contributed by atoms with van der Waals surface area (Å²) in [7, 11) is 0. The number of nitrogens with zero attached hydrogens (tertiary/aromatic N) is 2. The molecular formula is C19H25N3O3S. The molecule has 2 N–H and O–H groups in total. The molecule has 7 heteroatoms. The first-order valence-corrected chi connectivity index (χ1v) is 9.57. The van der Waals surface area contributed by atoms with Crippen molar-refractivity contribution in [2.24, 2.45) is 16.6 Å². The van der Waals surface area contributed by atoms with Crippen molar-refractivity contribution in [2.45, 2.75) is 46.1 Å². The standard InChI is InChI=1S/C19H25N3O3S/c1-11(23)13-6-16-15(21-17(20)7-13)8-14(26-16)5-12-9-22(10-12)18(24)25-19(2,3)4/h6,8,12H,5,7,9-10H2,1-4H3,(H2,20,21). The van der Waals surface area contributed by atoms with Crippen LogP contribution in [0.3, 0.4) is 0 Å². The second-order valence-corrected chi connectivity index (χ2v) is 9.09. The minimum absolute atomic E-state index is 0.0259. The molecule has 1 aromatic rings. The quantitative estimate of drug-likeness (QED) is 0.876. The molecular weight excluding hydrogens is 350 g/mol. The van der Waals surface area contributed by atoms with E-state index in [0.717, 1.165) is 17.0 Å². The zero-order valence-electron chi connectivity index (χ0n) is 15.7. The predicted molar refractivity (Wildman–Crippen MR) is 104 cm³/mol. The summed E-state index contributed by atoms with van der Waals surface area (Å²) >= 11 is 1.64. The molecule has 0 saturated carbocycles. The number of aliphatic imine (C=N–C) groups is 1. The highest BCUT2D eigenvalue weighted by Crippen LogP contribution is 2.36. The highest BCUT2D eigenvalue weighted by Gasteiger charge is 2.34. The lowest BCUT2D eigenvalue weighted by Gasteiger charge is -2.39. The van der Waals surface area contributed by atoms with E-state index >= 15 is 0 Å². The maximum atomic E-state index is 12.0. The van der Waals surface area contributed by atoms with Crippen LogP contribution in [-0.4, -0.2) is 41.3 Å². The van der Waals surface area contributed by atoms with Crippen LogP contribution in [0, 0.1) is 5.92 Å². The van der Waals surface area contributed by atoms with Crippen molar-refractivity contribution in [2.75, 3.05) is 13.1 Å². The van der Waals surface area contributed by atoms with E-state index in [-0.39, 0.29) is 11.9 Å². The fourth-order valence-corrected chi connectivity index (χ4v) is 4.20. The van der Waals surface area contributed by atoms with Gasteiger partial charge in [-0.1, -0.05) is 0 Å². The number of hydrogen-bond donors (Lipinski definition) is 1. The molecule has 1 fully saturated rings. The Kier molecular flexibility index (Phi) is 4.92. The van der Waals surface area contributed by atoms with Crippen LogP contribution >= 0.6 is 11.3 Å². The highest BCUT2D eigenvalue weighted by atomic mass is 32.1. The van der Waals surface area contributed by atoms with Crippen LogP contribution in [0.2, 0.25) is 0 Å². The summed E-state index contributed by atoms with van der Waals surface area (Å²) in [6.45, 7) is 8.58. The van der Waals surface area contributed by atoms with E-state index in [1.165, 1.54) is 4.88 Å². The smallest absolute Gasteiger partial charge is 0.410 e. The van der Waals surface area contributed by atoms with Crippen molar-refractivity contribution in [3.63, 3.8) is 0 Å². The number of thiophene rings is 1. The minimum atomic E-state index is -0.466. The number of rotatable bonds is 3. The number of ether oxygens (including phenoxy) is 1. The number of amides is 1. The van der Waals surface area contributed by atoms with E-state index in [0.29, 0.717) is 36.8 Å². The van der Waals surface area contributed by atoms with Crippen LogP contribution in [0.1, 0.15) is 43.9 Å². The molecule has 2 aliphatic rings. The normalized spacial score (nSPS) is 17.6. The van der Waals surface area contributed by atoms with Gasteiger partial charge in [0.05, 0.1) is 10.6 Å². The lowest BCUT2D eigenvalue weighted by molar-refractivity contribution is -0.113. The van der Waals surface area contributed by atoms with E-state index in [9.17, 15) is 9.59 Å². The highest BCUT2D eigenvalue weighted by molar-refractivity contribution is 7.13. The number of ketones is 1. The Morgan fingerprint density at radius 1 is 1.38 bits per heavy atom. The molecule has 0 atom stereocenters. The van der Waals surface area contributed by atoms with Gasteiger partial charge in [-0.3, -0.25) is 4.79 Å². The molecule has 1 saturated heterocycles. The van der Waals surface area contributed by atoms with Gasteiger partial charge in [0, 0.05) is 30.0 Å². The van der Waals surface area contributed by atoms with Crippen LogP contribution in [0.15, 0.2) is 16.6 Å². The van der Waals surface area contributed by atoms with E-state index in [4.69, 9.17) is 10.5 Å². The molecule has 3 rings (SSSR count). The molecule has 0 aromatic carbocycles. The Hall–Kier alpha value is -2.15. The second-order valence-electron chi connectivity index (χ2n) is 7.92. The lowest BCUT2D eigenvalue weighted by atomic mass is 9.96. The summed E-state index contributed by atoms with van der Waals surface area (Å²) in [5.41, 5.74) is 6.99. The fraction of sp³-hybridized carbons (Fsp3) is 0.526. The van der Waals surface area contributed by atoms with Gasteiger partial charge in [0.1, 0.15) is 11.4 Å². The third-order valence-electron chi connectivity index (χ3n) is 4.28. The van der Waals surface area contributed by atoms with Crippen molar-refractivity contribution in [3.8, 4) is 0 Å². The maximum Gasteiger partial charge on any atom is 0.410 e. The van der Waals surface area contributed by atoms with E-state index < -0.39 is 5.60 Å². The first-order chi connectivity index (χ1) is 12.1. The maximum absolute atomic E-state index is 12.0. The van der Waals surface area contributed by atoms with Crippen molar-refractivity contribution in [1.82, 2.24) is 4.90 Å². The number of hydrogen-bond acceptors (Lipinski definition) is 6. The molecule has 26 heavy (non-hydrogen) atoms. The summed E-state index contributed by atoms with van der Waals surface area (Å²) in [6.07, 6.45) is 2.94. The van der Waals surface area contributed by atoms with Crippen molar-refractivity contribution in [3.05, 3.63) is 21.4 Å². The zero-order valence-corrected chi connectivity index (χ0v) is 16.5. The van der Waals surface area contributed by atoms with Gasteiger partial charge in [0.25, 0.3) is 0 Å². The number of Topliss-reactive ketones (excluding diaryl/α,β-unsaturated/α-hetero) is 1. The van der Waals surface area contributed by atoms with Crippen LogP contribution in [0.25, 0.3) is 6.08 Å². The summed E-state index contributed by atoms with van der Waals surface area (Å²) in [5, 5.41) is 0. The predicted octanol–water partition coefficient (Wildman–Crippen LogP) is 3.52. The summed E-state index contributed by atoms with van der Waals surface area (Å²) < 4.78 is 5.38. The van der Waals surface area contributed by atoms with Crippen LogP contribution in [-0.2, 0) is 16.0 Å².